The molecule has 1 fully saturated rings. The topological polar surface area (TPSA) is 94.1 Å². The predicted octanol–water partition coefficient (Wildman–Crippen LogP) is 3.93. The van der Waals surface area contributed by atoms with E-state index in [1.54, 1.807) is 52.8 Å². The summed E-state index contributed by atoms with van der Waals surface area (Å²) in [6.07, 6.45) is 1.11. The molecule has 2 amide bonds. The molecule has 1 saturated heterocycles. The monoisotopic (exact) mass is 487 g/mol. The van der Waals surface area contributed by atoms with Crippen molar-refractivity contribution < 1.29 is 14.0 Å². The van der Waals surface area contributed by atoms with Crippen LogP contribution in [0.15, 0.2) is 53.7 Å². The maximum absolute atomic E-state index is 14.8. The number of nitrogens with zero attached hydrogens (tertiary/aromatic N) is 4. The van der Waals surface area contributed by atoms with E-state index < -0.39 is 11.1 Å². The van der Waals surface area contributed by atoms with Crippen LogP contribution in [-0.2, 0) is 9.59 Å². The minimum atomic E-state index is -0.496. The number of likely N-dealkylation sites (tertiary alicyclic amines) is 1. The zero-order chi connectivity index (χ0) is 23.5. The molecule has 0 aliphatic carbocycles. The molecule has 2 aromatic carbocycles. The highest BCUT2D eigenvalue weighted by molar-refractivity contribution is 8.00. The first kappa shape index (κ1) is 23.3. The first-order valence-electron chi connectivity index (χ1n) is 10.6. The van der Waals surface area contributed by atoms with Gasteiger partial charge in [-0.15, -0.1) is 10.2 Å². The fourth-order valence-electron chi connectivity index (χ4n) is 3.86. The van der Waals surface area contributed by atoms with Crippen molar-refractivity contribution >= 4 is 35.2 Å². The third kappa shape index (κ3) is 4.89. The van der Waals surface area contributed by atoms with Crippen molar-refractivity contribution in [2.45, 2.75) is 30.2 Å². The van der Waals surface area contributed by atoms with Crippen molar-refractivity contribution in [2.75, 3.05) is 13.1 Å². The normalized spacial score (nSPS) is 15.4. The minimum absolute atomic E-state index is 0.0784. The number of carbonyl (C=O) groups excluding carboxylic acids is 2. The van der Waals surface area contributed by atoms with Crippen LogP contribution in [0.5, 0.6) is 0 Å². The van der Waals surface area contributed by atoms with Gasteiger partial charge in [-0.2, -0.15) is 0 Å². The van der Waals surface area contributed by atoms with Crippen LogP contribution in [0, 0.1) is 11.7 Å². The van der Waals surface area contributed by atoms with Crippen molar-refractivity contribution in [3.05, 3.63) is 59.4 Å². The third-order valence-corrected chi connectivity index (χ3v) is 7.04. The van der Waals surface area contributed by atoms with Crippen LogP contribution in [0.4, 0.5) is 4.39 Å². The van der Waals surface area contributed by atoms with Gasteiger partial charge in [0.25, 0.3) is 0 Å². The maximum atomic E-state index is 14.8. The van der Waals surface area contributed by atoms with Crippen molar-refractivity contribution in [3.63, 3.8) is 0 Å². The van der Waals surface area contributed by atoms with E-state index >= 15 is 0 Å². The Labute approximate surface area is 200 Å². The van der Waals surface area contributed by atoms with Crippen LogP contribution >= 0.6 is 23.4 Å². The Hall–Kier alpha value is -2.91. The van der Waals surface area contributed by atoms with E-state index in [0.29, 0.717) is 47.5 Å². The number of primary amides is 1. The molecule has 0 saturated carbocycles. The van der Waals surface area contributed by atoms with Gasteiger partial charge in [0.1, 0.15) is 5.82 Å². The number of halogens is 2. The molecule has 33 heavy (non-hydrogen) atoms. The number of hydrogen-bond donors (Lipinski definition) is 1. The summed E-state index contributed by atoms with van der Waals surface area (Å²) >= 11 is 7.58. The van der Waals surface area contributed by atoms with E-state index in [4.69, 9.17) is 17.3 Å². The number of amides is 2. The minimum Gasteiger partial charge on any atom is -0.369 e. The van der Waals surface area contributed by atoms with Gasteiger partial charge in [-0.05, 0) is 44.0 Å². The fraction of sp³-hybridized carbons (Fsp3) is 0.304. The number of aromatic nitrogens is 3. The summed E-state index contributed by atoms with van der Waals surface area (Å²) in [5.41, 5.74) is 6.26. The van der Waals surface area contributed by atoms with Gasteiger partial charge in [-0.25, -0.2) is 4.39 Å². The zero-order valence-corrected chi connectivity index (χ0v) is 19.5. The average Bonchev–Trinajstić information content (AvgIpc) is 3.22. The highest BCUT2D eigenvalue weighted by Crippen LogP contribution is 2.34. The molecule has 172 valence electrons. The van der Waals surface area contributed by atoms with E-state index in [0.717, 1.165) is 0 Å². The second-order valence-corrected chi connectivity index (χ2v) is 9.55. The molecule has 7 nitrogen and oxygen atoms in total. The molecule has 2 heterocycles. The lowest BCUT2D eigenvalue weighted by Gasteiger charge is -2.32. The Morgan fingerprint density at radius 3 is 2.45 bits per heavy atom. The van der Waals surface area contributed by atoms with Crippen LogP contribution in [0.3, 0.4) is 0 Å². The summed E-state index contributed by atoms with van der Waals surface area (Å²) in [5, 5.41) is 8.90. The van der Waals surface area contributed by atoms with Gasteiger partial charge in [-0.1, -0.05) is 47.6 Å². The van der Waals surface area contributed by atoms with Crippen molar-refractivity contribution in [1.29, 1.82) is 0 Å². The summed E-state index contributed by atoms with van der Waals surface area (Å²) in [7, 11) is 0. The molecule has 4 rings (SSSR count). The van der Waals surface area contributed by atoms with Crippen LogP contribution in [0.1, 0.15) is 19.8 Å². The standard InChI is InChI=1S/C23H23ClFN5O2S/c1-14(22(32)29-12-10-15(11-13-29)20(26)31)33-23-28-27-21(16-6-2-3-7-17(16)24)30(23)19-9-5-4-8-18(19)25/h2-9,14-15H,10-13H2,1H3,(H2,26,31). The second-order valence-electron chi connectivity index (χ2n) is 7.83. The summed E-state index contributed by atoms with van der Waals surface area (Å²) < 4.78 is 16.4. The summed E-state index contributed by atoms with van der Waals surface area (Å²) in [4.78, 5) is 26.2. The molecule has 1 aliphatic heterocycles. The van der Waals surface area contributed by atoms with Gasteiger partial charge in [0, 0.05) is 24.6 Å². The summed E-state index contributed by atoms with van der Waals surface area (Å²) in [6, 6.07) is 13.4. The van der Waals surface area contributed by atoms with Gasteiger partial charge in [0.15, 0.2) is 11.0 Å². The Morgan fingerprint density at radius 2 is 1.79 bits per heavy atom. The molecule has 1 atom stereocenters. The molecule has 1 aromatic heterocycles. The lowest BCUT2D eigenvalue weighted by atomic mass is 9.96. The van der Waals surface area contributed by atoms with Crippen LogP contribution in [-0.4, -0.2) is 49.8 Å². The summed E-state index contributed by atoms with van der Waals surface area (Å²) in [6.45, 7) is 2.73. The second kappa shape index (κ2) is 9.93. The van der Waals surface area contributed by atoms with Crippen molar-refractivity contribution in [1.82, 2.24) is 19.7 Å². The molecule has 0 spiro atoms. The molecule has 1 unspecified atom stereocenters. The number of rotatable bonds is 6. The van der Waals surface area contributed by atoms with E-state index in [1.165, 1.54) is 17.8 Å². The highest BCUT2D eigenvalue weighted by atomic mass is 35.5. The van der Waals surface area contributed by atoms with E-state index in [2.05, 4.69) is 10.2 Å². The molecular formula is C23H23ClFN5O2S. The van der Waals surface area contributed by atoms with Gasteiger partial charge in [0.05, 0.1) is 16.0 Å². The number of carbonyl (C=O) groups is 2. The number of piperidine rings is 1. The van der Waals surface area contributed by atoms with Gasteiger partial charge in [0.2, 0.25) is 11.8 Å². The number of benzene rings is 2. The molecular weight excluding hydrogens is 465 g/mol. The SMILES string of the molecule is CC(Sc1nnc(-c2ccccc2Cl)n1-c1ccccc1F)C(=O)N1CCC(C(N)=O)CC1. The maximum Gasteiger partial charge on any atom is 0.235 e. The number of nitrogens with two attached hydrogens (primary N) is 1. The fourth-order valence-corrected chi connectivity index (χ4v) is 5.03. The zero-order valence-electron chi connectivity index (χ0n) is 17.9. The van der Waals surface area contributed by atoms with E-state index in [9.17, 15) is 14.0 Å². The summed E-state index contributed by atoms with van der Waals surface area (Å²) in [5.74, 6) is -0.658. The Balaban J connectivity index is 1.63. The Bertz CT molecular complexity index is 1180. The van der Waals surface area contributed by atoms with Crippen LogP contribution in [0.25, 0.3) is 17.1 Å². The Kier molecular flexibility index (Phi) is 6.99. The van der Waals surface area contributed by atoms with Crippen LogP contribution < -0.4 is 5.73 Å². The lowest BCUT2D eigenvalue weighted by Crippen LogP contribution is -2.44. The van der Waals surface area contributed by atoms with Crippen molar-refractivity contribution in [3.8, 4) is 17.1 Å². The van der Waals surface area contributed by atoms with E-state index in [-0.39, 0.29) is 23.4 Å². The molecule has 10 heteroatoms. The number of para-hydroxylation sites is 1. The third-order valence-electron chi connectivity index (χ3n) is 5.68. The molecule has 0 bridgehead atoms. The number of hydrogen-bond acceptors (Lipinski definition) is 5. The quantitative estimate of drug-likeness (QED) is 0.531. The predicted molar refractivity (Wildman–Crippen MR) is 126 cm³/mol. The molecule has 0 radical (unpaired) electrons. The first-order chi connectivity index (χ1) is 15.9. The lowest BCUT2D eigenvalue weighted by molar-refractivity contribution is -0.134. The van der Waals surface area contributed by atoms with Gasteiger partial charge in [-0.3, -0.25) is 14.2 Å². The Morgan fingerprint density at radius 1 is 1.12 bits per heavy atom. The van der Waals surface area contributed by atoms with Crippen molar-refractivity contribution in [2.24, 2.45) is 11.7 Å². The first-order valence-corrected chi connectivity index (χ1v) is 11.8. The largest absolute Gasteiger partial charge is 0.369 e. The van der Waals surface area contributed by atoms with Gasteiger partial charge >= 0.3 is 0 Å². The number of thioether (sulfide) groups is 1. The van der Waals surface area contributed by atoms with E-state index in [1.807, 2.05) is 6.07 Å². The van der Waals surface area contributed by atoms with Crippen LogP contribution in [0.2, 0.25) is 5.02 Å². The smallest absolute Gasteiger partial charge is 0.235 e. The average molecular weight is 488 g/mol. The molecule has 3 aromatic rings. The highest BCUT2D eigenvalue weighted by Gasteiger charge is 2.30. The van der Waals surface area contributed by atoms with Gasteiger partial charge < -0.3 is 10.6 Å². The molecule has 2 N–H and O–H groups in total. The molecule has 1 aliphatic rings.